The van der Waals surface area contributed by atoms with E-state index in [1.54, 1.807) is 22.7 Å². The van der Waals surface area contributed by atoms with Gasteiger partial charge in [0.25, 0.3) is 11.8 Å². The molecule has 3 atom stereocenters. The second kappa shape index (κ2) is 7.88. The lowest BCUT2D eigenvalue weighted by molar-refractivity contribution is 0.0684. The van der Waals surface area contributed by atoms with E-state index in [2.05, 4.69) is 15.3 Å². The zero-order chi connectivity index (χ0) is 23.6. The number of thiazole rings is 2. The topological polar surface area (TPSA) is 106 Å². The number of likely N-dealkylation sites (tertiary alicyclic amines) is 1. The van der Waals surface area contributed by atoms with E-state index in [1.807, 2.05) is 18.0 Å². The number of nitrogen functional groups attached to an aromatic ring is 1. The van der Waals surface area contributed by atoms with Crippen LogP contribution in [0.25, 0.3) is 15.4 Å². The lowest BCUT2D eigenvalue weighted by atomic mass is 10.1. The number of hydrogen-bond donors (Lipinski definition) is 2. The van der Waals surface area contributed by atoms with Gasteiger partial charge < -0.3 is 16.0 Å². The zero-order valence-electron chi connectivity index (χ0n) is 18.2. The van der Waals surface area contributed by atoms with Crippen LogP contribution in [0.4, 0.5) is 9.52 Å². The number of carbonyl (C=O) groups is 2. The molecule has 1 aliphatic heterocycles. The lowest BCUT2D eigenvalue weighted by Gasteiger charge is -2.27. The molecule has 2 aliphatic rings. The van der Waals surface area contributed by atoms with Gasteiger partial charge in [-0.25, -0.2) is 14.4 Å². The first-order valence-electron chi connectivity index (χ1n) is 11.0. The van der Waals surface area contributed by atoms with Gasteiger partial charge in [-0.05, 0) is 43.4 Å². The van der Waals surface area contributed by atoms with Crippen molar-refractivity contribution in [2.45, 2.75) is 31.8 Å². The lowest BCUT2D eigenvalue weighted by Crippen LogP contribution is -2.45. The van der Waals surface area contributed by atoms with Crippen LogP contribution < -0.4 is 11.1 Å². The van der Waals surface area contributed by atoms with Gasteiger partial charge in [-0.15, -0.1) is 11.3 Å². The molecule has 1 saturated heterocycles. The smallest absolute Gasteiger partial charge is 0.274 e. The van der Waals surface area contributed by atoms with Crippen molar-refractivity contribution < 1.29 is 14.0 Å². The quantitative estimate of drug-likeness (QED) is 0.439. The second-order valence-electron chi connectivity index (χ2n) is 8.75. The molecule has 174 valence electrons. The molecule has 2 fully saturated rings. The van der Waals surface area contributed by atoms with Crippen molar-refractivity contribution in [1.82, 2.24) is 24.6 Å². The Morgan fingerprint density at radius 2 is 2.15 bits per heavy atom. The van der Waals surface area contributed by atoms with Crippen molar-refractivity contribution in [1.29, 1.82) is 0 Å². The van der Waals surface area contributed by atoms with Crippen LogP contribution in [0.1, 0.15) is 38.7 Å². The summed E-state index contributed by atoms with van der Waals surface area (Å²) in [6, 6.07) is 6.07. The van der Waals surface area contributed by atoms with Crippen molar-refractivity contribution in [3.8, 4) is 10.4 Å². The Labute approximate surface area is 202 Å². The number of amides is 2. The van der Waals surface area contributed by atoms with Crippen LogP contribution in [0.2, 0.25) is 0 Å². The van der Waals surface area contributed by atoms with E-state index in [0.717, 1.165) is 22.7 Å². The summed E-state index contributed by atoms with van der Waals surface area (Å²) in [6.45, 7) is 2.31. The Bertz CT molecular complexity index is 1440. The Kier molecular flexibility index (Phi) is 4.92. The maximum absolute atomic E-state index is 13.8. The average molecular weight is 497 g/mol. The van der Waals surface area contributed by atoms with E-state index in [-0.39, 0.29) is 40.5 Å². The van der Waals surface area contributed by atoms with Crippen LogP contribution in [0.15, 0.2) is 36.7 Å². The summed E-state index contributed by atoms with van der Waals surface area (Å²) in [5, 5.41) is 3.24. The number of aryl methyl sites for hydroxylation is 1. The van der Waals surface area contributed by atoms with E-state index >= 15 is 0 Å². The minimum atomic E-state index is -0.387. The van der Waals surface area contributed by atoms with Crippen molar-refractivity contribution in [3.63, 3.8) is 0 Å². The van der Waals surface area contributed by atoms with Crippen LogP contribution in [0.5, 0.6) is 0 Å². The van der Waals surface area contributed by atoms with Crippen LogP contribution in [0, 0.1) is 18.7 Å². The predicted octanol–water partition coefficient (Wildman–Crippen LogP) is 3.58. The Hall–Kier alpha value is -3.31. The second-order valence-corrected chi connectivity index (χ2v) is 11.0. The first kappa shape index (κ1) is 21.2. The van der Waals surface area contributed by atoms with Gasteiger partial charge in [0.2, 0.25) is 0 Å². The summed E-state index contributed by atoms with van der Waals surface area (Å²) in [4.78, 5) is 39.3. The number of rotatable bonds is 5. The molecule has 0 bridgehead atoms. The highest BCUT2D eigenvalue weighted by Crippen LogP contribution is 2.49. The van der Waals surface area contributed by atoms with E-state index < -0.39 is 0 Å². The first-order chi connectivity index (χ1) is 16.4. The molecule has 34 heavy (non-hydrogen) atoms. The molecule has 2 amide bonds. The monoisotopic (exact) mass is 496 g/mol. The number of nitrogens with two attached hydrogens (primary N) is 1. The third-order valence-corrected chi connectivity index (χ3v) is 8.28. The number of halogens is 1. The summed E-state index contributed by atoms with van der Waals surface area (Å²) in [5.74, 6) is -0.407. The van der Waals surface area contributed by atoms with E-state index in [9.17, 15) is 14.0 Å². The molecule has 4 heterocycles. The van der Waals surface area contributed by atoms with Crippen LogP contribution in [-0.2, 0) is 0 Å². The third kappa shape index (κ3) is 3.55. The minimum Gasteiger partial charge on any atom is -0.375 e. The number of anilines is 1. The molecule has 0 radical (unpaired) electrons. The predicted molar refractivity (Wildman–Crippen MR) is 129 cm³/mol. The fraction of sp³-hybridized carbons (Fsp3) is 0.304. The molecule has 3 aromatic heterocycles. The maximum atomic E-state index is 13.8. The third-order valence-electron chi connectivity index (χ3n) is 6.44. The molecular formula is C23H21FN6O2S2. The number of nitrogens with zero attached hydrogens (tertiary/aromatic N) is 4. The molecular weight excluding hydrogens is 475 g/mol. The van der Waals surface area contributed by atoms with Gasteiger partial charge >= 0.3 is 0 Å². The fourth-order valence-corrected chi connectivity index (χ4v) is 6.47. The van der Waals surface area contributed by atoms with Gasteiger partial charge in [0.1, 0.15) is 17.2 Å². The minimum absolute atomic E-state index is 0.138. The summed E-state index contributed by atoms with van der Waals surface area (Å²) >= 11 is 2.70. The highest BCUT2D eigenvalue weighted by molar-refractivity contribution is 7.19. The van der Waals surface area contributed by atoms with Gasteiger partial charge in [0.15, 0.2) is 10.1 Å². The molecule has 8 nitrogen and oxygen atoms in total. The normalized spacial score (nSPS) is 21.1. The Morgan fingerprint density at radius 3 is 2.97 bits per heavy atom. The standard InChI is InChI=1S/C23H21FN6O2S2/c1-11-10-29-17(9-27-23(29)33-11)20(31)26-8-15-6-13-7-16(13)30(15)21(32)18-19(34-22(25)28-18)12-3-2-4-14(24)5-12/h2-5,9-10,13,15-16H,6-8H2,1H3,(H2,25,28)(H,26,31)/t13?,15?,16-/m0/s1. The van der Waals surface area contributed by atoms with Crippen molar-refractivity contribution in [2.24, 2.45) is 5.92 Å². The van der Waals surface area contributed by atoms with Crippen LogP contribution >= 0.6 is 22.7 Å². The number of nitrogens with one attached hydrogen (secondary N) is 1. The van der Waals surface area contributed by atoms with Crippen LogP contribution in [0.3, 0.4) is 0 Å². The van der Waals surface area contributed by atoms with Gasteiger partial charge in [-0.3, -0.25) is 14.0 Å². The molecule has 2 unspecified atom stereocenters. The first-order valence-corrected chi connectivity index (χ1v) is 12.6. The summed E-state index contributed by atoms with van der Waals surface area (Å²) in [5.41, 5.74) is 7.24. The number of carbonyl (C=O) groups excluding carboxylic acids is 2. The van der Waals surface area contributed by atoms with Crippen molar-refractivity contribution in [3.05, 3.63) is 58.7 Å². The molecule has 1 saturated carbocycles. The SMILES string of the molecule is Cc1cn2c(C(=O)NCC3CC4C[C@@H]4N3C(=O)c3nc(N)sc3-c3cccc(F)c3)cnc2s1. The molecule has 0 spiro atoms. The van der Waals surface area contributed by atoms with Crippen molar-refractivity contribution in [2.75, 3.05) is 12.3 Å². The van der Waals surface area contributed by atoms with E-state index in [0.29, 0.717) is 28.6 Å². The van der Waals surface area contributed by atoms with Gasteiger partial charge in [-0.2, -0.15) is 0 Å². The number of benzene rings is 1. The van der Waals surface area contributed by atoms with Gasteiger partial charge in [0.05, 0.1) is 17.1 Å². The number of piperidine rings is 1. The number of fused-ring (bicyclic) bond motifs is 2. The molecule has 4 aromatic rings. The summed E-state index contributed by atoms with van der Waals surface area (Å²) < 4.78 is 15.6. The molecule has 11 heteroatoms. The number of aromatic nitrogens is 3. The average Bonchev–Trinajstić information content (AvgIpc) is 3.15. The van der Waals surface area contributed by atoms with Gasteiger partial charge in [-0.1, -0.05) is 23.5 Å². The van der Waals surface area contributed by atoms with E-state index in [4.69, 9.17) is 5.73 Å². The largest absolute Gasteiger partial charge is 0.375 e. The van der Waals surface area contributed by atoms with E-state index in [1.165, 1.54) is 34.8 Å². The molecule has 6 rings (SSSR count). The fourth-order valence-electron chi connectivity index (χ4n) is 4.85. The highest BCUT2D eigenvalue weighted by Gasteiger charge is 2.54. The number of hydrogen-bond acceptors (Lipinski definition) is 7. The van der Waals surface area contributed by atoms with Crippen molar-refractivity contribution >= 4 is 44.6 Å². The number of imidazole rings is 1. The van der Waals surface area contributed by atoms with Crippen LogP contribution in [-0.4, -0.2) is 49.7 Å². The highest BCUT2D eigenvalue weighted by atomic mass is 32.1. The Morgan fingerprint density at radius 1 is 1.29 bits per heavy atom. The molecule has 1 aliphatic carbocycles. The maximum Gasteiger partial charge on any atom is 0.274 e. The van der Waals surface area contributed by atoms with Gasteiger partial charge in [0, 0.05) is 23.7 Å². The summed E-state index contributed by atoms with van der Waals surface area (Å²) in [6.07, 6.45) is 5.23. The molecule has 1 aromatic carbocycles. The Balaban J connectivity index is 1.23. The molecule has 3 N–H and O–H groups in total. The zero-order valence-corrected chi connectivity index (χ0v) is 19.8. The summed E-state index contributed by atoms with van der Waals surface area (Å²) in [7, 11) is 0.